The number of rotatable bonds is 6. The van der Waals surface area contributed by atoms with Crippen LogP contribution in [0.1, 0.15) is 60.8 Å². The second kappa shape index (κ2) is 8.18. The molecule has 0 heterocycles. The van der Waals surface area contributed by atoms with Gasteiger partial charge in [0, 0.05) is 11.6 Å². The summed E-state index contributed by atoms with van der Waals surface area (Å²) in [6, 6.07) is 0. The van der Waals surface area contributed by atoms with E-state index in [1.54, 1.807) is 0 Å². The minimum absolute atomic E-state index is 0.000000000000000444. The van der Waals surface area contributed by atoms with E-state index >= 15 is 0 Å². The summed E-state index contributed by atoms with van der Waals surface area (Å²) in [6.45, 7) is 11.8. The summed E-state index contributed by atoms with van der Waals surface area (Å²) in [5, 5.41) is 21.1. The fraction of sp³-hybridized carbons (Fsp3) is 0.476. The first-order valence-electron chi connectivity index (χ1n) is 8.38. The molecule has 0 amide bonds. The second-order valence-electron chi connectivity index (χ2n) is 7.26. The molecule has 0 aromatic carbocycles. The van der Waals surface area contributed by atoms with Crippen LogP contribution in [0.3, 0.4) is 0 Å². The number of ketones is 1. The number of hydrogen-bond acceptors (Lipinski definition) is 3. The van der Waals surface area contributed by atoms with E-state index in [0.717, 1.165) is 16.7 Å². The molecular formula is C21H30O3. The Morgan fingerprint density at radius 2 is 1.38 bits per heavy atom. The third kappa shape index (κ3) is 4.73. The fourth-order valence-electron chi connectivity index (χ4n) is 2.62. The third-order valence-corrected chi connectivity index (χ3v) is 4.22. The number of carbonyl (C=O) groups is 1. The fourth-order valence-corrected chi connectivity index (χ4v) is 2.62. The number of aliphatic hydroxyl groups excluding tert-OH is 2. The molecule has 0 atom stereocenters. The number of carbonyl (C=O) groups excluding carboxylic acids is 1. The molecule has 0 aliphatic heterocycles. The number of hydrogen-bond donors (Lipinski definition) is 2. The third-order valence-electron chi connectivity index (χ3n) is 4.22. The summed E-state index contributed by atoms with van der Waals surface area (Å²) >= 11 is 0. The summed E-state index contributed by atoms with van der Waals surface area (Å²) < 4.78 is 0. The first-order chi connectivity index (χ1) is 11.1. The molecule has 3 heteroatoms. The highest BCUT2D eigenvalue weighted by Crippen LogP contribution is 2.43. The molecule has 3 nitrogen and oxygen atoms in total. The van der Waals surface area contributed by atoms with Gasteiger partial charge in [-0.25, -0.2) is 0 Å². The van der Waals surface area contributed by atoms with Gasteiger partial charge >= 0.3 is 0 Å². The molecule has 0 bridgehead atoms. The first-order valence-corrected chi connectivity index (χ1v) is 8.38. The maximum absolute atomic E-state index is 12.7. The van der Waals surface area contributed by atoms with Crippen molar-refractivity contribution < 1.29 is 15.0 Å². The lowest BCUT2D eigenvalue weighted by Gasteiger charge is -2.33. The second-order valence-corrected chi connectivity index (χ2v) is 7.26. The predicted octanol–water partition coefficient (Wildman–Crippen LogP) is 5.88. The Hall–Kier alpha value is -2.03. The molecule has 0 fully saturated rings. The number of allylic oxidation sites excluding steroid dienone is 9. The van der Waals surface area contributed by atoms with Crippen molar-refractivity contribution in [1.82, 2.24) is 0 Å². The molecule has 1 aliphatic carbocycles. The first kappa shape index (κ1) is 20.0. The predicted molar refractivity (Wildman–Crippen MR) is 100.0 cm³/mol. The summed E-state index contributed by atoms with van der Waals surface area (Å²) in [7, 11) is 0. The van der Waals surface area contributed by atoms with Gasteiger partial charge in [-0.2, -0.15) is 0 Å². The van der Waals surface area contributed by atoms with Crippen molar-refractivity contribution in [2.45, 2.75) is 60.8 Å². The van der Waals surface area contributed by atoms with Gasteiger partial charge in [0.1, 0.15) is 11.5 Å². The van der Waals surface area contributed by atoms with Crippen molar-refractivity contribution in [3.05, 3.63) is 58.1 Å². The molecular weight excluding hydrogens is 300 g/mol. The van der Waals surface area contributed by atoms with Gasteiger partial charge < -0.3 is 10.2 Å². The van der Waals surface area contributed by atoms with Gasteiger partial charge in [0.25, 0.3) is 0 Å². The topological polar surface area (TPSA) is 57.5 Å². The van der Waals surface area contributed by atoms with E-state index in [1.165, 1.54) is 6.08 Å². The lowest BCUT2D eigenvalue weighted by molar-refractivity contribution is -0.123. The Morgan fingerprint density at radius 1 is 0.917 bits per heavy atom. The van der Waals surface area contributed by atoms with Crippen LogP contribution < -0.4 is 0 Å². The van der Waals surface area contributed by atoms with Crippen molar-refractivity contribution >= 4 is 5.78 Å². The van der Waals surface area contributed by atoms with E-state index in [9.17, 15) is 15.0 Å². The smallest absolute Gasteiger partial charge is 0.173 e. The Kier molecular flexibility index (Phi) is 6.82. The zero-order chi connectivity index (χ0) is 18.5. The lowest BCUT2D eigenvalue weighted by Crippen LogP contribution is -2.35. The molecule has 0 radical (unpaired) electrons. The minimum Gasteiger partial charge on any atom is -0.511 e. The molecule has 0 unspecified atom stereocenters. The van der Waals surface area contributed by atoms with Gasteiger partial charge in [-0.15, -0.1) is 0 Å². The largest absolute Gasteiger partial charge is 0.511 e. The van der Waals surface area contributed by atoms with Gasteiger partial charge in [0.15, 0.2) is 5.78 Å². The quantitative estimate of drug-likeness (QED) is 0.598. The van der Waals surface area contributed by atoms with Crippen LogP contribution in [0.25, 0.3) is 0 Å². The molecule has 0 saturated heterocycles. The van der Waals surface area contributed by atoms with Gasteiger partial charge in [0.05, 0.1) is 5.41 Å². The van der Waals surface area contributed by atoms with E-state index in [-0.39, 0.29) is 17.3 Å². The molecule has 132 valence electrons. The highest BCUT2D eigenvalue weighted by molar-refractivity contribution is 5.99. The van der Waals surface area contributed by atoms with Crippen LogP contribution in [0.15, 0.2) is 58.1 Å². The summed E-state index contributed by atoms with van der Waals surface area (Å²) in [5.41, 5.74) is 2.71. The molecule has 0 aromatic rings. The summed E-state index contributed by atoms with van der Waals surface area (Å²) in [4.78, 5) is 12.7. The van der Waals surface area contributed by atoms with Crippen molar-refractivity contribution in [2.75, 3.05) is 0 Å². The molecule has 2 N–H and O–H groups in total. The van der Waals surface area contributed by atoms with Crippen molar-refractivity contribution in [3.8, 4) is 0 Å². The minimum atomic E-state index is -1.02. The SMILES string of the molecule is CC(C)=CCC1=C(O)C(CC=C(C)C)(CC=C(C)C)C(=O)C=C1O. The lowest BCUT2D eigenvalue weighted by atomic mass is 9.70. The van der Waals surface area contributed by atoms with E-state index < -0.39 is 5.41 Å². The Morgan fingerprint density at radius 3 is 1.79 bits per heavy atom. The van der Waals surface area contributed by atoms with Crippen LogP contribution in [0.2, 0.25) is 0 Å². The Balaban J connectivity index is 3.46. The van der Waals surface area contributed by atoms with Gasteiger partial charge in [-0.1, -0.05) is 34.9 Å². The Labute approximate surface area is 145 Å². The maximum atomic E-state index is 12.7. The van der Waals surface area contributed by atoms with Crippen LogP contribution in [0.5, 0.6) is 0 Å². The summed E-state index contributed by atoms with van der Waals surface area (Å²) in [5.74, 6) is -0.367. The molecule has 24 heavy (non-hydrogen) atoms. The van der Waals surface area contributed by atoms with Crippen molar-refractivity contribution in [3.63, 3.8) is 0 Å². The molecule has 1 rings (SSSR count). The summed E-state index contributed by atoms with van der Waals surface area (Å²) in [6.07, 6.45) is 8.42. The van der Waals surface area contributed by atoms with Crippen LogP contribution in [-0.2, 0) is 4.79 Å². The van der Waals surface area contributed by atoms with Gasteiger partial charge in [-0.3, -0.25) is 4.79 Å². The molecule has 1 aliphatic rings. The van der Waals surface area contributed by atoms with E-state index in [2.05, 4.69) is 0 Å². The van der Waals surface area contributed by atoms with E-state index in [4.69, 9.17) is 0 Å². The van der Waals surface area contributed by atoms with Gasteiger partial charge in [-0.05, 0) is 60.8 Å². The average molecular weight is 330 g/mol. The van der Waals surface area contributed by atoms with Crippen molar-refractivity contribution in [2.24, 2.45) is 5.41 Å². The highest BCUT2D eigenvalue weighted by Gasteiger charge is 2.44. The maximum Gasteiger partial charge on any atom is 0.173 e. The van der Waals surface area contributed by atoms with E-state index in [0.29, 0.717) is 24.8 Å². The van der Waals surface area contributed by atoms with Crippen LogP contribution >= 0.6 is 0 Å². The normalized spacial score (nSPS) is 16.4. The van der Waals surface area contributed by atoms with Crippen LogP contribution in [0, 0.1) is 5.41 Å². The molecule has 0 saturated carbocycles. The van der Waals surface area contributed by atoms with Gasteiger partial charge in [0.2, 0.25) is 0 Å². The molecule has 0 aromatic heterocycles. The van der Waals surface area contributed by atoms with Crippen LogP contribution in [0.4, 0.5) is 0 Å². The average Bonchev–Trinajstić information content (AvgIpc) is 2.45. The van der Waals surface area contributed by atoms with Crippen molar-refractivity contribution in [1.29, 1.82) is 0 Å². The van der Waals surface area contributed by atoms with Crippen LogP contribution in [-0.4, -0.2) is 16.0 Å². The standard InChI is InChI=1S/C21H30O3/c1-14(2)7-8-17-18(22)13-19(23)21(20(17)24,11-9-15(3)4)12-10-16(5)6/h7,9-10,13,22,24H,8,11-12H2,1-6H3. The monoisotopic (exact) mass is 330 g/mol. The Bertz CT molecular complexity index is 623. The van der Waals surface area contributed by atoms with E-state index in [1.807, 2.05) is 59.8 Å². The zero-order valence-corrected chi connectivity index (χ0v) is 15.7. The zero-order valence-electron chi connectivity index (χ0n) is 15.7. The highest BCUT2D eigenvalue weighted by atomic mass is 16.3. The number of aliphatic hydroxyl groups is 2. The molecule has 0 spiro atoms.